The van der Waals surface area contributed by atoms with Crippen LogP contribution in [0, 0.1) is 0 Å². The van der Waals surface area contributed by atoms with Crippen molar-refractivity contribution in [2.45, 2.75) is 32.7 Å². The number of nitrogens with one attached hydrogen (secondary N) is 3. The lowest BCUT2D eigenvalue weighted by Crippen LogP contribution is -2.21. The van der Waals surface area contributed by atoms with Crippen molar-refractivity contribution in [2.75, 3.05) is 10.6 Å². The van der Waals surface area contributed by atoms with Crippen LogP contribution in [0.5, 0.6) is 0 Å². The zero-order valence-corrected chi connectivity index (χ0v) is 21.2. The van der Waals surface area contributed by atoms with Gasteiger partial charge >= 0.3 is 6.03 Å². The summed E-state index contributed by atoms with van der Waals surface area (Å²) in [5.74, 6) is 0.467. The van der Waals surface area contributed by atoms with Gasteiger partial charge in [0.1, 0.15) is 5.82 Å². The molecule has 0 bridgehead atoms. The molecule has 0 radical (unpaired) electrons. The zero-order chi connectivity index (χ0) is 26.4. The summed E-state index contributed by atoms with van der Waals surface area (Å²) in [5, 5.41) is 18.2. The molecule has 190 valence electrons. The predicted molar refractivity (Wildman–Crippen MR) is 146 cm³/mol. The molecule has 6 rings (SSSR count). The number of hydrogen-bond acceptors (Lipinski definition) is 5. The van der Waals surface area contributed by atoms with Crippen molar-refractivity contribution in [3.05, 3.63) is 89.7 Å². The molecule has 0 saturated heterocycles. The molecule has 0 aliphatic carbocycles. The van der Waals surface area contributed by atoms with Crippen LogP contribution in [0.25, 0.3) is 27.8 Å². The topological polar surface area (TPSA) is 114 Å². The Bertz CT molecular complexity index is 1710. The zero-order valence-electron chi connectivity index (χ0n) is 21.2. The standard InChI is InChI=1S/C29H26N6O3/c1-29(2,3)25-14-26(35(34-25)20-10-11-24-18(13-20)15-31-38-24)33-28(37)32-19-7-4-6-17(12-19)21-8-5-9-22-23(21)16-30-27(22)36/h4-15H,16H2,1-3H3,(H,30,36)(H2,32,33,37). The van der Waals surface area contributed by atoms with E-state index < -0.39 is 6.03 Å². The van der Waals surface area contributed by atoms with E-state index in [0.29, 0.717) is 29.2 Å². The van der Waals surface area contributed by atoms with Crippen molar-refractivity contribution < 1.29 is 14.1 Å². The number of rotatable bonds is 4. The number of fused-ring (bicyclic) bond motifs is 2. The van der Waals surface area contributed by atoms with Crippen molar-refractivity contribution in [1.29, 1.82) is 0 Å². The summed E-state index contributed by atoms with van der Waals surface area (Å²) < 4.78 is 6.93. The van der Waals surface area contributed by atoms with Crippen LogP contribution < -0.4 is 16.0 Å². The fraction of sp³-hybridized carbons (Fsp3) is 0.172. The largest absolute Gasteiger partial charge is 0.356 e. The number of nitrogens with zero attached hydrogens (tertiary/aromatic N) is 3. The molecule has 3 N–H and O–H groups in total. The minimum absolute atomic E-state index is 0.0649. The smallest absolute Gasteiger partial charge is 0.324 e. The van der Waals surface area contributed by atoms with Gasteiger partial charge in [0.15, 0.2) is 5.58 Å². The van der Waals surface area contributed by atoms with Gasteiger partial charge in [-0.25, -0.2) is 9.48 Å². The highest BCUT2D eigenvalue weighted by atomic mass is 16.5. The number of benzene rings is 3. The van der Waals surface area contributed by atoms with Crippen LogP contribution in [-0.4, -0.2) is 26.9 Å². The Labute approximate surface area is 218 Å². The van der Waals surface area contributed by atoms with Crippen molar-refractivity contribution in [3.63, 3.8) is 0 Å². The van der Waals surface area contributed by atoms with Gasteiger partial charge in [-0.2, -0.15) is 5.10 Å². The van der Waals surface area contributed by atoms with Crippen molar-refractivity contribution in [1.82, 2.24) is 20.3 Å². The fourth-order valence-electron chi connectivity index (χ4n) is 4.59. The van der Waals surface area contributed by atoms with Gasteiger partial charge in [0.2, 0.25) is 0 Å². The Kier molecular flexibility index (Phi) is 5.48. The summed E-state index contributed by atoms with van der Waals surface area (Å²) in [7, 11) is 0. The summed E-state index contributed by atoms with van der Waals surface area (Å²) >= 11 is 0. The van der Waals surface area contributed by atoms with E-state index in [0.717, 1.165) is 33.5 Å². The maximum atomic E-state index is 13.1. The maximum Gasteiger partial charge on any atom is 0.324 e. The molecule has 0 atom stereocenters. The molecule has 0 unspecified atom stereocenters. The first kappa shape index (κ1) is 23.5. The minimum Gasteiger partial charge on any atom is -0.356 e. The third-order valence-corrected chi connectivity index (χ3v) is 6.58. The van der Waals surface area contributed by atoms with Gasteiger partial charge in [0.05, 0.1) is 17.6 Å². The van der Waals surface area contributed by atoms with E-state index in [1.807, 2.05) is 66.7 Å². The molecule has 9 heteroatoms. The summed E-state index contributed by atoms with van der Waals surface area (Å²) in [6, 6.07) is 20.3. The van der Waals surface area contributed by atoms with Gasteiger partial charge in [-0.05, 0) is 53.1 Å². The number of aromatic nitrogens is 3. The first-order chi connectivity index (χ1) is 18.3. The van der Waals surface area contributed by atoms with Gasteiger partial charge in [-0.1, -0.05) is 50.2 Å². The van der Waals surface area contributed by atoms with E-state index in [4.69, 9.17) is 9.62 Å². The van der Waals surface area contributed by atoms with Crippen molar-refractivity contribution in [3.8, 4) is 16.8 Å². The van der Waals surface area contributed by atoms with E-state index in [-0.39, 0.29) is 11.3 Å². The Morgan fingerprint density at radius 2 is 1.82 bits per heavy atom. The van der Waals surface area contributed by atoms with Crippen LogP contribution in [0.4, 0.5) is 16.3 Å². The highest BCUT2D eigenvalue weighted by molar-refractivity contribution is 6.01. The van der Waals surface area contributed by atoms with E-state index in [1.165, 1.54) is 0 Å². The number of carbonyl (C=O) groups excluding carboxylic acids is 2. The van der Waals surface area contributed by atoms with Gasteiger partial charge in [-0.15, -0.1) is 0 Å². The van der Waals surface area contributed by atoms with Crippen LogP contribution >= 0.6 is 0 Å². The average Bonchev–Trinajstić information content (AvgIpc) is 3.62. The monoisotopic (exact) mass is 506 g/mol. The third-order valence-electron chi connectivity index (χ3n) is 6.58. The van der Waals surface area contributed by atoms with Crippen LogP contribution in [0.15, 0.2) is 77.4 Å². The Hall–Kier alpha value is -4.92. The molecule has 9 nitrogen and oxygen atoms in total. The number of anilines is 2. The first-order valence-electron chi connectivity index (χ1n) is 12.3. The highest BCUT2D eigenvalue weighted by Gasteiger charge is 2.23. The van der Waals surface area contributed by atoms with Crippen LogP contribution in [0.3, 0.4) is 0 Å². The Morgan fingerprint density at radius 3 is 2.66 bits per heavy atom. The lowest BCUT2D eigenvalue weighted by atomic mass is 9.92. The van der Waals surface area contributed by atoms with E-state index in [2.05, 4.69) is 41.9 Å². The quantitative estimate of drug-likeness (QED) is 0.282. The summed E-state index contributed by atoms with van der Waals surface area (Å²) in [5.41, 5.74) is 6.21. The molecular weight excluding hydrogens is 480 g/mol. The molecule has 3 amide bonds. The second kappa shape index (κ2) is 8.88. The second-order valence-corrected chi connectivity index (χ2v) is 10.3. The van der Waals surface area contributed by atoms with Gasteiger partial charge in [-0.3, -0.25) is 10.1 Å². The first-order valence-corrected chi connectivity index (χ1v) is 12.3. The van der Waals surface area contributed by atoms with Crippen LogP contribution in [0.1, 0.15) is 42.4 Å². The molecule has 0 spiro atoms. The summed E-state index contributed by atoms with van der Waals surface area (Å²) in [4.78, 5) is 25.2. The molecule has 0 saturated carbocycles. The van der Waals surface area contributed by atoms with E-state index in [9.17, 15) is 9.59 Å². The molecule has 2 aromatic heterocycles. The molecule has 1 aliphatic heterocycles. The molecule has 5 aromatic rings. The highest BCUT2D eigenvalue weighted by Crippen LogP contribution is 2.31. The van der Waals surface area contributed by atoms with Crippen molar-refractivity contribution in [2.24, 2.45) is 0 Å². The lowest BCUT2D eigenvalue weighted by Gasteiger charge is -2.14. The molecule has 0 fully saturated rings. The van der Waals surface area contributed by atoms with Crippen molar-refractivity contribution >= 4 is 34.4 Å². The lowest BCUT2D eigenvalue weighted by molar-refractivity contribution is 0.0965. The average molecular weight is 507 g/mol. The number of hydrogen-bond donors (Lipinski definition) is 3. The van der Waals surface area contributed by atoms with E-state index in [1.54, 1.807) is 10.9 Å². The van der Waals surface area contributed by atoms with Crippen LogP contribution in [-0.2, 0) is 12.0 Å². The molecular formula is C29H26N6O3. The number of carbonyl (C=O) groups is 2. The van der Waals surface area contributed by atoms with E-state index >= 15 is 0 Å². The Balaban J connectivity index is 1.28. The SMILES string of the molecule is CC(C)(C)c1cc(NC(=O)Nc2cccc(-c3cccc4c3CNC4=O)c2)n(-c2ccc3oncc3c2)n1. The van der Waals surface area contributed by atoms with Crippen LogP contribution in [0.2, 0.25) is 0 Å². The number of amides is 3. The van der Waals surface area contributed by atoms with Gasteiger partial charge in [0.25, 0.3) is 5.91 Å². The maximum absolute atomic E-state index is 13.1. The molecule has 3 aromatic carbocycles. The van der Waals surface area contributed by atoms with Gasteiger partial charge in [0, 0.05) is 34.7 Å². The Morgan fingerprint density at radius 1 is 1.00 bits per heavy atom. The number of urea groups is 1. The summed E-state index contributed by atoms with van der Waals surface area (Å²) in [6.45, 7) is 6.70. The summed E-state index contributed by atoms with van der Waals surface area (Å²) in [6.07, 6.45) is 1.65. The molecule has 3 heterocycles. The predicted octanol–water partition coefficient (Wildman–Crippen LogP) is 5.87. The normalized spacial score (nSPS) is 12.9. The fourth-order valence-corrected chi connectivity index (χ4v) is 4.59. The van der Waals surface area contributed by atoms with Gasteiger partial charge < -0.3 is 15.2 Å². The molecule has 38 heavy (non-hydrogen) atoms. The minimum atomic E-state index is -0.398. The third kappa shape index (κ3) is 4.28. The second-order valence-electron chi connectivity index (χ2n) is 10.3. The molecule has 1 aliphatic rings.